The minimum Gasteiger partial charge on any atom is -0.480 e. The van der Waals surface area contributed by atoms with Crippen molar-refractivity contribution in [2.24, 2.45) is 5.92 Å². The average Bonchev–Trinajstić information content (AvgIpc) is 3.31. The minimum absolute atomic E-state index is 0.0758. The number of piperazine rings is 1. The molecule has 3 aliphatic rings. The molecule has 2 heterocycles. The van der Waals surface area contributed by atoms with Crippen LogP contribution in [0.1, 0.15) is 32.1 Å². The van der Waals surface area contributed by atoms with Gasteiger partial charge in [0.05, 0.1) is 0 Å². The molecule has 0 spiro atoms. The van der Waals surface area contributed by atoms with Crippen LogP contribution in [0, 0.1) is 5.92 Å². The Labute approximate surface area is 125 Å². The molecule has 2 aliphatic heterocycles. The van der Waals surface area contributed by atoms with Gasteiger partial charge < -0.3 is 14.9 Å². The molecule has 0 aromatic rings. The molecule has 6 heteroatoms. The van der Waals surface area contributed by atoms with Gasteiger partial charge in [-0.25, -0.2) is 9.59 Å². The molecule has 1 atom stereocenters. The second-order valence-corrected chi connectivity index (χ2v) is 6.56. The lowest BCUT2D eigenvalue weighted by atomic mass is 10.0. The van der Waals surface area contributed by atoms with E-state index in [-0.39, 0.29) is 6.03 Å². The standard InChI is InChI=1S/C15H25N3O3/c19-14(20)13-3-1-2-6-18(13)15(21)17-9-7-16(8-10-17)11-12-4-5-12/h12-13H,1-11H2,(H,19,20). The first-order valence-electron chi connectivity index (χ1n) is 8.16. The summed E-state index contributed by atoms with van der Waals surface area (Å²) >= 11 is 0. The molecular formula is C15H25N3O3. The third-order valence-electron chi connectivity index (χ3n) is 4.89. The number of piperidine rings is 1. The number of aliphatic carboxylic acids is 1. The Kier molecular flexibility index (Phi) is 4.33. The molecule has 0 bridgehead atoms. The number of hydrogen-bond donors (Lipinski definition) is 1. The van der Waals surface area contributed by atoms with E-state index in [1.54, 1.807) is 4.90 Å². The lowest BCUT2D eigenvalue weighted by molar-refractivity contribution is -0.143. The minimum atomic E-state index is -0.865. The van der Waals surface area contributed by atoms with E-state index in [4.69, 9.17) is 0 Å². The van der Waals surface area contributed by atoms with Crippen LogP contribution in [0.2, 0.25) is 0 Å². The van der Waals surface area contributed by atoms with Crippen molar-refractivity contribution >= 4 is 12.0 Å². The Morgan fingerprint density at radius 3 is 2.29 bits per heavy atom. The molecule has 6 nitrogen and oxygen atoms in total. The summed E-state index contributed by atoms with van der Waals surface area (Å²) in [6.07, 6.45) is 5.11. The highest BCUT2D eigenvalue weighted by molar-refractivity contribution is 5.83. The van der Waals surface area contributed by atoms with Crippen LogP contribution in [0.25, 0.3) is 0 Å². The molecule has 21 heavy (non-hydrogen) atoms. The number of rotatable bonds is 3. The third kappa shape index (κ3) is 3.48. The largest absolute Gasteiger partial charge is 0.480 e. The van der Waals surface area contributed by atoms with E-state index >= 15 is 0 Å². The molecule has 3 fully saturated rings. The molecule has 3 rings (SSSR count). The molecule has 1 unspecified atom stereocenters. The van der Waals surface area contributed by atoms with Crippen LogP contribution < -0.4 is 0 Å². The SMILES string of the molecule is O=C(O)C1CCCCN1C(=O)N1CCN(CC2CC2)CC1. The fourth-order valence-electron chi connectivity index (χ4n) is 3.39. The number of urea groups is 1. The highest BCUT2D eigenvalue weighted by Crippen LogP contribution is 2.30. The van der Waals surface area contributed by atoms with E-state index in [2.05, 4.69) is 4.90 Å². The Bertz CT molecular complexity index is 403. The van der Waals surface area contributed by atoms with Crippen molar-refractivity contribution in [3.05, 3.63) is 0 Å². The van der Waals surface area contributed by atoms with E-state index < -0.39 is 12.0 Å². The Balaban J connectivity index is 1.53. The third-order valence-corrected chi connectivity index (χ3v) is 4.89. The number of nitrogens with zero attached hydrogens (tertiary/aromatic N) is 3. The predicted octanol–water partition coefficient (Wildman–Crippen LogP) is 1.07. The summed E-state index contributed by atoms with van der Waals surface area (Å²) in [6, 6.07) is -0.705. The molecule has 2 saturated heterocycles. The van der Waals surface area contributed by atoms with Crippen LogP contribution in [0.4, 0.5) is 4.79 Å². The van der Waals surface area contributed by atoms with Gasteiger partial charge in [0, 0.05) is 39.3 Å². The van der Waals surface area contributed by atoms with E-state index in [0.717, 1.165) is 44.9 Å². The van der Waals surface area contributed by atoms with Gasteiger partial charge in [-0.3, -0.25) is 4.90 Å². The first-order valence-corrected chi connectivity index (χ1v) is 8.16. The molecule has 1 saturated carbocycles. The van der Waals surface area contributed by atoms with E-state index in [1.807, 2.05) is 4.90 Å². The summed E-state index contributed by atoms with van der Waals surface area (Å²) in [5, 5.41) is 9.28. The van der Waals surface area contributed by atoms with Crippen molar-refractivity contribution in [1.29, 1.82) is 0 Å². The first-order chi connectivity index (χ1) is 10.1. The summed E-state index contributed by atoms with van der Waals surface area (Å²) < 4.78 is 0. The molecule has 2 amide bonds. The van der Waals surface area contributed by atoms with Crippen LogP contribution in [-0.4, -0.2) is 77.1 Å². The van der Waals surface area contributed by atoms with E-state index in [0.29, 0.717) is 13.0 Å². The van der Waals surface area contributed by atoms with Crippen molar-refractivity contribution in [2.75, 3.05) is 39.3 Å². The van der Waals surface area contributed by atoms with Crippen LogP contribution >= 0.6 is 0 Å². The van der Waals surface area contributed by atoms with E-state index in [9.17, 15) is 14.7 Å². The van der Waals surface area contributed by atoms with Crippen molar-refractivity contribution in [3.63, 3.8) is 0 Å². The van der Waals surface area contributed by atoms with Crippen molar-refractivity contribution in [3.8, 4) is 0 Å². The maximum atomic E-state index is 12.6. The number of carboxylic acid groups (broad SMARTS) is 1. The summed E-state index contributed by atoms with van der Waals surface area (Å²) in [7, 11) is 0. The summed E-state index contributed by atoms with van der Waals surface area (Å²) in [5.74, 6) is 0.0150. The van der Waals surface area contributed by atoms with Gasteiger partial charge in [0.25, 0.3) is 0 Å². The van der Waals surface area contributed by atoms with Crippen molar-refractivity contribution in [1.82, 2.24) is 14.7 Å². The normalized spacial score (nSPS) is 27.7. The van der Waals surface area contributed by atoms with Gasteiger partial charge in [0.1, 0.15) is 6.04 Å². The predicted molar refractivity (Wildman–Crippen MR) is 78.1 cm³/mol. The van der Waals surface area contributed by atoms with E-state index in [1.165, 1.54) is 19.4 Å². The summed E-state index contributed by atoms with van der Waals surface area (Å²) in [6.45, 7) is 5.06. The van der Waals surface area contributed by atoms with Crippen molar-refractivity contribution < 1.29 is 14.7 Å². The van der Waals surface area contributed by atoms with Gasteiger partial charge >= 0.3 is 12.0 Å². The Hall–Kier alpha value is -1.30. The average molecular weight is 295 g/mol. The molecule has 1 aliphatic carbocycles. The molecular weight excluding hydrogens is 270 g/mol. The van der Waals surface area contributed by atoms with Gasteiger partial charge in [-0.15, -0.1) is 0 Å². The number of carbonyl (C=O) groups excluding carboxylic acids is 1. The first kappa shape index (κ1) is 14.6. The zero-order chi connectivity index (χ0) is 14.8. The number of hydrogen-bond acceptors (Lipinski definition) is 3. The number of amides is 2. The van der Waals surface area contributed by atoms with Gasteiger partial charge in [0.15, 0.2) is 0 Å². The Morgan fingerprint density at radius 2 is 1.67 bits per heavy atom. The lowest BCUT2D eigenvalue weighted by Gasteiger charge is -2.40. The topological polar surface area (TPSA) is 64.1 Å². The number of carboxylic acids is 1. The van der Waals surface area contributed by atoms with Crippen LogP contribution in [0.3, 0.4) is 0 Å². The fraction of sp³-hybridized carbons (Fsp3) is 0.867. The molecule has 118 valence electrons. The number of likely N-dealkylation sites (tertiary alicyclic amines) is 1. The van der Waals surface area contributed by atoms with Crippen LogP contribution in [0.15, 0.2) is 0 Å². The fourth-order valence-corrected chi connectivity index (χ4v) is 3.39. The maximum Gasteiger partial charge on any atom is 0.326 e. The smallest absolute Gasteiger partial charge is 0.326 e. The molecule has 1 N–H and O–H groups in total. The lowest BCUT2D eigenvalue weighted by Crippen LogP contribution is -2.57. The second-order valence-electron chi connectivity index (χ2n) is 6.56. The monoisotopic (exact) mass is 295 g/mol. The molecule has 0 radical (unpaired) electrons. The van der Waals surface area contributed by atoms with Gasteiger partial charge in [-0.2, -0.15) is 0 Å². The number of carbonyl (C=O) groups is 2. The molecule has 0 aromatic carbocycles. The quantitative estimate of drug-likeness (QED) is 0.846. The van der Waals surface area contributed by atoms with Crippen molar-refractivity contribution in [2.45, 2.75) is 38.1 Å². The molecule has 0 aromatic heterocycles. The van der Waals surface area contributed by atoms with Gasteiger partial charge in [-0.1, -0.05) is 0 Å². The highest BCUT2D eigenvalue weighted by Gasteiger charge is 2.35. The summed E-state index contributed by atoms with van der Waals surface area (Å²) in [4.78, 5) is 29.7. The zero-order valence-electron chi connectivity index (χ0n) is 12.5. The highest BCUT2D eigenvalue weighted by atomic mass is 16.4. The van der Waals surface area contributed by atoms with Crippen LogP contribution in [-0.2, 0) is 4.79 Å². The van der Waals surface area contributed by atoms with Gasteiger partial charge in [0.2, 0.25) is 0 Å². The van der Waals surface area contributed by atoms with Crippen LogP contribution in [0.5, 0.6) is 0 Å². The van der Waals surface area contributed by atoms with Gasteiger partial charge in [-0.05, 0) is 38.0 Å². The maximum absolute atomic E-state index is 12.6. The second kappa shape index (κ2) is 6.22. The Morgan fingerprint density at radius 1 is 0.952 bits per heavy atom. The zero-order valence-corrected chi connectivity index (χ0v) is 12.5. The summed E-state index contributed by atoms with van der Waals surface area (Å²) in [5.41, 5.74) is 0.